The molecule has 17 rings (SSSR count). The zero-order valence-corrected chi connectivity index (χ0v) is 47.7. The van der Waals surface area contributed by atoms with Crippen LogP contribution in [0.5, 0.6) is 0 Å². The van der Waals surface area contributed by atoms with Crippen molar-refractivity contribution in [3.63, 3.8) is 0 Å². The fourth-order valence-electron chi connectivity index (χ4n) is 14.5. The van der Waals surface area contributed by atoms with Gasteiger partial charge in [-0.3, -0.25) is 0 Å². The Morgan fingerprint density at radius 1 is 0.301 bits per heavy atom. The first kappa shape index (κ1) is 48.0. The molecule has 2 aliphatic carbocycles. The lowest BCUT2D eigenvalue weighted by Gasteiger charge is -2.31. The van der Waals surface area contributed by atoms with Crippen LogP contribution in [-0.2, 0) is 10.8 Å². The Morgan fingerprint density at radius 2 is 0.663 bits per heavy atom. The summed E-state index contributed by atoms with van der Waals surface area (Å²) in [5, 5.41) is 8.59. The van der Waals surface area contributed by atoms with Crippen molar-refractivity contribution < 1.29 is 17.7 Å². The quantitative estimate of drug-likeness (QED) is 0.165. The van der Waals surface area contributed by atoms with E-state index in [4.69, 9.17) is 17.7 Å². The summed E-state index contributed by atoms with van der Waals surface area (Å²) in [5.74, 6) is -0.290. The number of benzene rings is 11. The molecule has 15 aromatic rings. The minimum absolute atomic E-state index is 0.142. The lowest BCUT2D eigenvalue weighted by atomic mass is 9.86. The van der Waals surface area contributed by atoms with Gasteiger partial charge in [-0.05, 0) is 101 Å². The second kappa shape index (κ2) is 16.9. The van der Waals surface area contributed by atoms with E-state index in [0.29, 0.717) is 0 Å². The Hall–Kier alpha value is -9.78. The predicted octanol–water partition coefficient (Wildman–Crippen LogP) is 22.6. The molecular formula is C77H58N2O4. The van der Waals surface area contributed by atoms with Gasteiger partial charge < -0.3 is 27.5 Å². The third-order valence-electron chi connectivity index (χ3n) is 18.2. The largest absolute Gasteiger partial charge is 0.456 e. The minimum Gasteiger partial charge on any atom is -0.456 e. The highest BCUT2D eigenvalue weighted by molar-refractivity contribution is 6.21. The molecule has 11 aromatic carbocycles. The van der Waals surface area contributed by atoms with E-state index in [0.717, 1.165) is 166 Å². The molecule has 0 aliphatic heterocycles. The van der Waals surface area contributed by atoms with Crippen molar-refractivity contribution in [2.45, 2.75) is 72.1 Å². The Labute approximate surface area is 480 Å². The van der Waals surface area contributed by atoms with Crippen LogP contribution in [0, 0.1) is 13.8 Å². The van der Waals surface area contributed by atoms with Gasteiger partial charge in [0.15, 0.2) is 11.2 Å². The van der Waals surface area contributed by atoms with Crippen LogP contribution in [0.2, 0.25) is 0 Å². The first-order valence-corrected chi connectivity index (χ1v) is 29.0. The summed E-state index contributed by atoms with van der Waals surface area (Å²) in [6, 6.07) is 72.7. The van der Waals surface area contributed by atoms with Gasteiger partial charge in [-0.15, -0.1) is 0 Å². The molecule has 2 aliphatic rings. The monoisotopic (exact) mass is 1070 g/mol. The van der Waals surface area contributed by atoms with E-state index in [1.54, 1.807) is 0 Å². The third-order valence-corrected chi connectivity index (χ3v) is 18.2. The molecule has 6 nitrogen and oxygen atoms in total. The second-order valence-electron chi connectivity index (χ2n) is 25.1. The third kappa shape index (κ3) is 6.60. The van der Waals surface area contributed by atoms with E-state index in [2.05, 4.69) is 265 Å². The number of anilines is 6. The van der Waals surface area contributed by atoms with Gasteiger partial charge in [0.05, 0.1) is 22.7 Å². The molecule has 0 unspecified atom stereocenters. The summed E-state index contributed by atoms with van der Waals surface area (Å²) in [6.07, 6.45) is 0. The van der Waals surface area contributed by atoms with Crippen molar-refractivity contribution >= 4 is 122 Å². The molecule has 83 heavy (non-hydrogen) atoms. The molecule has 0 N–H and O–H groups in total. The van der Waals surface area contributed by atoms with Crippen molar-refractivity contribution in [3.8, 4) is 22.3 Å². The maximum absolute atomic E-state index is 7.34. The first-order valence-electron chi connectivity index (χ1n) is 29.0. The van der Waals surface area contributed by atoms with Crippen LogP contribution in [0.25, 0.3) is 110 Å². The van der Waals surface area contributed by atoms with E-state index in [1.807, 2.05) is 0 Å². The van der Waals surface area contributed by atoms with E-state index in [-0.39, 0.29) is 16.7 Å². The number of hydrogen-bond acceptors (Lipinski definition) is 6. The number of rotatable bonds is 6. The fourth-order valence-corrected chi connectivity index (χ4v) is 14.5. The van der Waals surface area contributed by atoms with Crippen molar-refractivity contribution in [3.05, 3.63) is 239 Å². The highest BCUT2D eigenvalue weighted by atomic mass is 16.3. The van der Waals surface area contributed by atoms with Gasteiger partial charge in [0.25, 0.3) is 0 Å². The molecule has 0 radical (unpaired) electrons. The number of aryl methyl sites for hydroxylation is 2. The molecule has 0 spiro atoms. The highest BCUT2D eigenvalue weighted by Gasteiger charge is 2.47. The van der Waals surface area contributed by atoms with Crippen molar-refractivity contribution in [2.24, 2.45) is 0 Å². The van der Waals surface area contributed by atoms with Crippen LogP contribution >= 0.6 is 0 Å². The molecule has 0 bridgehead atoms. The number of nitrogens with zero attached hydrogens (tertiary/aromatic N) is 2. The zero-order chi connectivity index (χ0) is 55.9. The number of fused-ring (bicyclic) bond motifs is 20. The maximum atomic E-state index is 7.34. The summed E-state index contributed by atoms with van der Waals surface area (Å²) >= 11 is 0. The SMILES string of the molecule is Cc1ccccc1N(c1cc2c(oc3ccccc32)c2c1-c1cccc3c1C2c1c-3c(N(c2ccccc2C)c2cccc3c2oc2c(C(C)(C)C)cccc23)cc2c1oc1ccccc12)c1cccc2c1oc1c(C(C)(C)C)cccc12. The summed E-state index contributed by atoms with van der Waals surface area (Å²) < 4.78 is 29.3. The summed E-state index contributed by atoms with van der Waals surface area (Å²) in [4.78, 5) is 4.95. The van der Waals surface area contributed by atoms with Gasteiger partial charge in [-0.25, -0.2) is 0 Å². The molecular weight excluding hydrogens is 1020 g/mol. The van der Waals surface area contributed by atoms with Crippen LogP contribution in [0.15, 0.2) is 218 Å². The normalized spacial score (nSPS) is 13.3. The Morgan fingerprint density at radius 3 is 1.10 bits per heavy atom. The van der Waals surface area contributed by atoms with Crippen LogP contribution < -0.4 is 9.80 Å². The van der Waals surface area contributed by atoms with Gasteiger partial charge in [-0.2, -0.15) is 0 Å². The maximum Gasteiger partial charge on any atom is 0.159 e. The summed E-state index contributed by atoms with van der Waals surface area (Å²) in [6.45, 7) is 18.0. The van der Waals surface area contributed by atoms with E-state index in [1.165, 1.54) is 16.7 Å². The van der Waals surface area contributed by atoms with E-state index >= 15 is 0 Å². The lowest BCUT2D eigenvalue weighted by Crippen LogP contribution is -2.14. The Balaban J connectivity index is 1.01. The molecule has 0 atom stereocenters. The van der Waals surface area contributed by atoms with Gasteiger partial charge in [0.1, 0.15) is 33.5 Å². The topological polar surface area (TPSA) is 59.0 Å². The molecule has 0 fully saturated rings. The lowest BCUT2D eigenvalue weighted by molar-refractivity contribution is 0.572. The molecule has 6 heteroatoms. The Bertz CT molecular complexity index is 4970. The van der Waals surface area contributed by atoms with Crippen LogP contribution in [0.1, 0.15) is 86.4 Å². The standard InChI is InChI=1S/C77H58N2O4/c1-42-22-9-13-34-56(42)78(58-36-20-28-48-46-26-18-32-54(76(3,4)5)70(46)82-72(48)58)60-40-52-44-24-11-15-38-62(44)80-74(52)68-65(60)50-30-17-31-51-64(50)67(68)69-66(51)61(41-53-45-25-12-16-39-63(45)81-75(53)69)79(57-35-14-10-23-43(57)2)59-37-21-29-49-47-27-19-33-55(77(6,7)8)71(47)83-73(49)59/h9-41,67H,1-8H3. The summed E-state index contributed by atoms with van der Waals surface area (Å²) in [5.41, 5.74) is 25.5. The van der Waals surface area contributed by atoms with E-state index in [9.17, 15) is 0 Å². The Kier molecular flexibility index (Phi) is 9.77. The number of furan rings is 4. The molecule has 400 valence electrons. The van der Waals surface area contributed by atoms with Gasteiger partial charge >= 0.3 is 0 Å². The van der Waals surface area contributed by atoms with Crippen molar-refractivity contribution in [1.82, 2.24) is 0 Å². The second-order valence-corrected chi connectivity index (χ2v) is 25.1. The highest BCUT2D eigenvalue weighted by Crippen LogP contribution is 2.67. The first-order chi connectivity index (χ1) is 40.3. The molecule has 0 amide bonds. The zero-order valence-electron chi connectivity index (χ0n) is 47.7. The average Bonchev–Trinajstić information content (AvgIpc) is 2.00. The van der Waals surface area contributed by atoms with Crippen LogP contribution in [0.4, 0.5) is 34.1 Å². The fraction of sp³-hybridized carbons (Fsp3) is 0.143. The minimum atomic E-state index is -0.290. The van der Waals surface area contributed by atoms with Crippen molar-refractivity contribution in [2.75, 3.05) is 9.80 Å². The molecule has 4 aromatic heterocycles. The molecule has 4 heterocycles. The smallest absolute Gasteiger partial charge is 0.159 e. The van der Waals surface area contributed by atoms with Gasteiger partial charge in [0.2, 0.25) is 0 Å². The van der Waals surface area contributed by atoms with Crippen LogP contribution in [0.3, 0.4) is 0 Å². The molecule has 0 saturated heterocycles. The predicted molar refractivity (Wildman–Crippen MR) is 344 cm³/mol. The molecule has 0 saturated carbocycles. The van der Waals surface area contributed by atoms with Gasteiger partial charge in [0, 0.05) is 93.8 Å². The van der Waals surface area contributed by atoms with E-state index < -0.39 is 0 Å². The summed E-state index contributed by atoms with van der Waals surface area (Å²) in [7, 11) is 0. The van der Waals surface area contributed by atoms with Crippen LogP contribution in [-0.4, -0.2) is 0 Å². The van der Waals surface area contributed by atoms with Gasteiger partial charge in [-0.1, -0.05) is 193 Å². The average molecular weight is 1080 g/mol. The van der Waals surface area contributed by atoms with Crippen molar-refractivity contribution in [1.29, 1.82) is 0 Å². The number of hydrogen-bond donors (Lipinski definition) is 0. The number of para-hydroxylation sites is 8.